The molecule has 0 aromatic heterocycles. The van der Waals surface area contributed by atoms with E-state index >= 15 is 0 Å². The van der Waals surface area contributed by atoms with E-state index in [9.17, 15) is 5.11 Å². The smallest absolute Gasteiger partial charge is 0.111 e. The van der Waals surface area contributed by atoms with Crippen molar-refractivity contribution in [2.45, 2.75) is 30.8 Å². The molecule has 0 amide bonds. The molecular formula is C9H12ClNO. The molecule has 0 saturated carbocycles. The highest BCUT2D eigenvalue weighted by atomic mass is 35.5. The average Bonchev–Trinajstić information content (AvgIpc) is 2.05. The van der Waals surface area contributed by atoms with Crippen LogP contribution in [0.4, 0.5) is 0 Å². The van der Waals surface area contributed by atoms with Gasteiger partial charge in [0, 0.05) is 6.04 Å². The second-order valence-electron chi connectivity index (χ2n) is 3.31. The Kier molecular flexibility index (Phi) is 2.11. The van der Waals surface area contributed by atoms with Gasteiger partial charge < -0.3 is 5.11 Å². The minimum absolute atomic E-state index is 0.0980. The van der Waals surface area contributed by atoms with Crippen LogP contribution in [0.5, 0.6) is 0 Å². The van der Waals surface area contributed by atoms with Gasteiger partial charge in [0.05, 0.1) is 5.50 Å². The Labute approximate surface area is 76.9 Å². The third-order valence-corrected chi connectivity index (χ3v) is 2.76. The zero-order chi connectivity index (χ0) is 8.55. The average molecular weight is 186 g/mol. The van der Waals surface area contributed by atoms with Gasteiger partial charge in [-0.15, -0.1) is 11.6 Å². The van der Waals surface area contributed by atoms with Crippen molar-refractivity contribution in [1.29, 1.82) is 0 Å². The van der Waals surface area contributed by atoms with Crippen LogP contribution < -0.4 is 5.32 Å². The number of piperidine rings is 1. The zero-order valence-corrected chi connectivity index (χ0v) is 7.51. The van der Waals surface area contributed by atoms with E-state index in [0.717, 1.165) is 19.3 Å². The van der Waals surface area contributed by atoms with Crippen molar-refractivity contribution in [2.75, 3.05) is 0 Å². The second-order valence-corrected chi connectivity index (χ2v) is 3.84. The molecule has 0 radical (unpaired) electrons. The van der Waals surface area contributed by atoms with Gasteiger partial charge in [0.1, 0.15) is 5.76 Å². The molecule has 2 aliphatic rings. The monoisotopic (exact) mass is 185 g/mol. The van der Waals surface area contributed by atoms with Gasteiger partial charge in [0.2, 0.25) is 0 Å². The summed E-state index contributed by atoms with van der Waals surface area (Å²) < 4.78 is 0. The highest BCUT2D eigenvalue weighted by molar-refractivity contribution is 6.20. The molecule has 1 heterocycles. The van der Waals surface area contributed by atoms with E-state index in [4.69, 9.17) is 11.6 Å². The van der Waals surface area contributed by atoms with Crippen LogP contribution in [0.2, 0.25) is 0 Å². The van der Waals surface area contributed by atoms with Crippen LogP contribution in [0.3, 0.4) is 0 Å². The predicted octanol–water partition coefficient (Wildman–Crippen LogP) is 2.08. The van der Waals surface area contributed by atoms with E-state index in [1.807, 2.05) is 12.2 Å². The lowest BCUT2D eigenvalue weighted by molar-refractivity contribution is 0.400. The maximum atomic E-state index is 9.24. The third-order valence-electron chi connectivity index (χ3n) is 2.41. The van der Waals surface area contributed by atoms with Crippen LogP contribution >= 0.6 is 11.6 Å². The number of nitrogens with one attached hydrogen (secondary N) is 1. The summed E-state index contributed by atoms with van der Waals surface area (Å²) in [7, 11) is 0. The Hall–Kier alpha value is -0.470. The van der Waals surface area contributed by atoms with Crippen molar-refractivity contribution in [3.63, 3.8) is 0 Å². The largest absolute Gasteiger partial charge is 0.508 e. The standard InChI is InChI=1S/C9H12ClNO/c10-9-4-1-6-5-7(12)2-3-8(6)11-9/h2,5,8-9,11-12H,1,3-4H2. The van der Waals surface area contributed by atoms with Crippen LogP contribution in [0.25, 0.3) is 0 Å². The number of aliphatic hydroxyl groups is 1. The predicted molar refractivity (Wildman–Crippen MR) is 49.2 cm³/mol. The van der Waals surface area contributed by atoms with Crippen molar-refractivity contribution in [2.24, 2.45) is 0 Å². The number of alkyl halides is 1. The normalized spacial score (nSPS) is 35.1. The maximum absolute atomic E-state index is 9.24. The molecule has 0 aromatic carbocycles. The van der Waals surface area contributed by atoms with Crippen molar-refractivity contribution in [3.05, 3.63) is 23.5 Å². The second kappa shape index (κ2) is 3.11. The van der Waals surface area contributed by atoms with E-state index in [-0.39, 0.29) is 5.50 Å². The Balaban J connectivity index is 2.13. The van der Waals surface area contributed by atoms with Gasteiger partial charge >= 0.3 is 0 Å². The van der Waals surface area contributed by atoms with Crippen molar-refractivity contribution in [3.8, 4) is 0 Å². The first-order valence-electron chi connectivity index (χ1n) is 4.25. The summed E-state index contributed by atoms with van der Waals surface area (Å²) >= 11 is 5.95. The van der Waals surface area contributed by atoms with Crippen molar-refractivity contribution in [1.82, 2.24) is 5.32 Å². The highest BCUT2D eigenvalue weighted by Gasteiger charge is 2.24. The first kappa shape index (κ1) is 8.14. The Bertz CT molecular complexity index is 247. The number of fused-ring (bicyclic) bond motifs is 1. The molecule has 0 spiro atoms. The lowest BCUT2D eigenvalue weighted by Crippen LogP contribution is -2.41. The van der Waals surface area contributed by atoms with Gasteiger partial charge in [-0.3, -0.25) is 5.32 Å². The lowest BCUT2D eigenvalue weighted by Gasteiger charge is -2.31. The quantitative estimate of drug-likeness (QED) is 0.448. The number of hydrogen-bond acceptors (Lipinski definition) is 2. The first-order chi connectivity index (χ1) is 5.75. The molecule has 2 atom stereocenters. The van der Waals surface area contributed by atoms with Gasteiger partial charge in [-0.1, -0.05) is 0 Å². The van der Waals surface area contributed by atoms with Crippen LogP contribution in [-0.2, 0) is 0 Å². The first-order valence-corrected chi connectivity index (χ1v) is 4.69. The minimum atomic E-state index is 0.0980. The van der Waals surface area contributed by atoms with E-state index in [0.29, 0.717) is 11.8 Å². The molecule has 12 heavy (non-hydrogen) atoms. The molecule has 0 aromatic rings. The SMILES string of the molecule is OC1=CCC2NC(Cl)CCC2=C1. The summed E-state index contributed by atoms with van der Waals surface area (Å²) in [5.74, 6) is 0.399. The van der Waals surface area contributed by atoms with E-state index in [1.165, 1.54) is 5.57 Å². The molecule has 1 saturated heterocycles. The number of halogens is 1. The fourth-order valence-corrected chi connectivity index (χ4v) is 2.02. The van der Waals surface area contributed by atoms with Crippen LogP contribution in [-0.4, -0.2) is 16.6 Å². The van der Waals surface area contributed by atoms with Crippen molar-refractivity contribution < 1.29 is 5.11 Å². The number of allylic oxidation sites excluding steroid dienone is 1. The summed E-state index contributed by atoms with van der Waals surface area (Å²) in [6, 6.07) is 0.358. The fourth-order valence-electron chi connectivity index (χ4n) is 1.76. The van der Waals surface area contributed by atoms with Gasteiger partial charge in [-0.2, -0.15) is 0 Å². The minimum Gasteiger partial charge on any atom is -0.508 e. The van der Waals surface area contributed by atoms with Gasteiger partial charge in [-0.05, 0) is 37.0 Å². The summed E-state index contributed by atoms with van der Waals surface area (Å²) in [5.41, 5.74) is 1.38. The molecule has 0 bridgehead atoms. The summed E-state index contributed by atoms with van der Waals surface area (Å²) in [6.45, 7) is 0. The topological polar surface area (TPSA) is 32.3 Å². The van der Waals surface area contributed by atoms with E-state index < -0.39 is 0 Å². The number of rotatable bonds is 0. The number of hydrogen-bond donors (Lipinski definition) is 2. The molecule has 3 heteroatoms. The number of aliphatic hydroxyl groups excluding tert-OH is 1. The molecule has 66 valence electrons. The molecule has 2 nitrogen and oxygen atoms in total. The summed E-state index contributed by atoms with van der Waals surface area (Å²) in [6.07, 6.45) is 6.50. The maximum Gasteiger partial charge on any atom is 0.111 e. The van der Waals surface area contributed by atoms with E-state index in [1.54, 1.807) is 0 Å². The van der Waals surface area contributed by atoms with Gasteiger partial charge in [-0.25, -0.2) is 0 Å². The third kappa shape index (κ3) is 1.50. The Morgan fingerprint density at radius 1 is 1.58 bits per heavy atom. The fraction of sp³-hybridized carbons (Fsp3) is 0.556. The van der Waals surface area contributed by atoms with Crippen LogP contribution in [0.15, 0.2) is 23.5 Å². The lowest BCUT2D eigenvalue weighted by atomic mass is 9.91. The van der Waals surface area contributed by atoms with Crippen molar-refractivity contribution >= 4 is 11.6 Å². The van der Waals surface area contributed by atoms with Crippen LogP contribution in [0.1, 0.15) is 19.3 Å². The molecule has 1 fully saturated rings. The van der Waals surface area contributed by atoms with Crippen LogP contribution in [0, 0.1) is 0 Å². The summed E-state index contributed by atoms with van der Waals surface area (Å²) in [4.78, 5) is 0. The molecule has 2 unspecified atom stereocenters. The van der Waals surface area contributed by atoms with E-state index in [2.05, 4.69) is 5.32 Å². The Morgan fingerprint density at radius 3 is 3.25 bits per heavy atom. The van der Waals surface area contributed by atoms with Gasteiger partial charge in [0.25, 0.3) is 0 Å². The van der Waals surface area contributed by atoms with Gasteiger partial charge in [0.15, 0.2) is 0 Å². The highest BCUT2D eigenvalue weighted by Crippen LogP contribution is 2.27. The molecule has 1 aliphatic heterocycles. The zero-order valence-electron chi connectivity index (χ0n) is 6.76. The summed E-state index contributed by atoms with van der Waals surface area (Å²) in [5, 5.41) is 12.5. The molecule has 2 N–H and O–H groups in total. The molecule has 2 rings (SSSR count). The molecule has 1 aliphatic carbocycles. The molecular weight excluding hydrogens is 174 g/mol. The Morgan fingerprint density at radius 2 is 2.42 bits per heavy atom.